The van der Waals surface area contributed by atoms with Gasteiger partial charge in [-0.2, -0.15) is 0 Å². The van der Waals surface area contributed by atoms with Crippen LogP contribution < -0.4 is 11.1 Å². The lowest BCUT2D eigenvalue weighted by Gasteiger charge is -2.37. The predicted octanol–water partition coefficient (Wildman–Crippen LogP) is 3.97. The highest BCUT2D eigenvalue weighted by atomic mass is 35.5. The molecular formula is C15H21Cl2N3O. The highest BCUT2D eigenvalue weighted by molar-refractivity contribution is 6.35. The summed E-state index contributed by atoms with van der Waals surface area (Å²) in [7, 11) is 1.82. The van der Waals surface area contributed by atoms with Crippen molar-refractivity contribution in [2.24, 2.45) is 11.7 Å². The molecule has 2 unspecified atom stereocenters. The quantitative estimate of drug-likeness (QED) is 0.881. The molecular weight excluding hydrogens is 309 g/mol. The summed E-state index contributed by atoms with van der Waals surface area (Å²) in [5, 5.41) is 3.84. The molecule has 2 amide bonds. The van der Waals surface area contributed by atoms with Crippen LogP contribution in [0.4, 0.5) is 10.5 Å². The molecule has 0 spiro atoms. The number of rotatable bonds is 3. The van der Waals surface area contributed by atoms with Gasteiger partial charge in [0.25, 0.3) is 0 Å². The highest BCUT2D eigenvalue weighted by Crippen LogP contribution is 2.28. The molecule has 1 fully saturated rings. The smallest absolute Gasteiger partial charge is 0.321 e. The standard InChI is InChI=1S/C15H21Cl2N3O/c1-20(14-5-3-2-4-10(14)9-18)15(21)19-13-7-11(16)6-12(17)8-13/h6-8,10,14H,2-5,9,18H2,1H3,(H,19,21). The lowest BCUT2D eigenvalue weighted by atomic mass is 9.84. The van der Waals surface area contributed by atoms with Gasteiger partial charge >= 0.3 is 6.03 Å². The molecule has 1 aromatic rings. The fourth-order valence-corrected chi connectivity index (χ4v) is 3.49. The summed E-state index contributed by atoms with van der Waals surface area (Å²) < 4.78 is 0. The molecule has 0 saturated heterocycles. The highest BCUT2D eigenvalue weighted by Gasteiger charge is 2.29. The van der Waals surface area contributed by atoms with Crippen molar-refractivity contribution in [3.05, 3.63) is 28.2 Å². The molecule has 2 rings (SSSR count). The third-order valence-electron chi connectivity index (χ3n) is 4.10. The first-order valence-electron chi connectivity index (χ1n) is 7.21. The van der Waals surface area contributed by atoms with Crippen LogP contribution in [0, 0.1) is 5.92 Å². The van der Waals surface area contributed by atoms with Crippen molar-refractivity contribution in [1.82, 2.24) is 4.90 Å². The molecule has 116 valence electrons. The van der Waals surface area contributed by atoms with Gasteiger partial charge in [0.1, 0.15) is 0 Å². The van der Waals surface area contributed by atoms with Crippen molar-refractivity contribution in [1.29, 1.82) is 0 Å². The van der Waals surface area contributed by atoms with Gasteiger partial charge in [-0.15, -0.1) is 0 Å². The second kappa shape index (κ2) is 7.34. The van der Waals surface area contributed by atoms with E-state index in [1.54, 1.807) is 23.1 Å². The van der Waals surface area contributed by atoms with Crippen molar-refractivity contribution in [3.63, 3.8) is 0 Å². The average molecular weight is 330 g/mol. The van der Waals surface area contributed by atoms with Crippen LogP contribution in [-0.4, -0.2) is 30.6 Å². The summed E-state index contributed by atoms with van der Waals surface area (Å²) in [5.74, 6) is 0.373. The van der Waals surface area contributed by atoms with Crippen molar-refractivity contribution in [2.75, 3.05) is 18.9 Å². The van der Waals surface area contributed by atoms with E-state index in [9.17, 15) is 4.79 Å². The van der Waals surface area contributed by atoms with Crippen LogP contribution in [-0.2, 0) is 0 Å². The van der Waals surface area contributed by atoms with Crippen LogP contribution in [0.1, 0.15) is 25.7 Å². The topological polar surface area (TPSA) is 58.4 Å². The van der Waals surface area contributed by atoms with Crippen molar-refractivity contribution >= 4 is 34.9 Å². The molecule has 0 radical (unpaired) electrons. The average Bonchev–Trinajstić information content (AvgIpc) is 2.45. The fourth-order valence-electron chi connectivity index (χ4n) is 2.96. The Labute approximate surface area is 135 Å². The maximum absolute atomic E-state index is 12.4. The summed E-state index contributed by atoms with van der Waals surface area (Å²) in [4.78, 5) is 14.1. The van der Waals surface area contributed by atoms with E-state index >= 15 is 0 Å². The van der Waals surface area contributed by atoms with Gasteiger partial charge in [-0.3, -0.25) is 0 Å². The first-order chi connectivity index (χ1) is 10.0. The van der Waals surface area contributed by atoms with E-state index in [0.717, 1.165) is 19.3 Å². The number of amides is 2. The molecule has 2 atom stereocenters. The Hall–Kier alpha value is -0.970. The first-order valence-corrected chi connectivity index (χ1v) is 7.97. The Morgan fingerprint density at radius 1 is 1.29 bits per heavy atom. The number of nitrogens with one attached hydrogen (secondary N) is 1. The van der Waals surface area contributed by atoms with Crippen molar-refractivity contribution < 1.29 is 4.79 Å². The number of hydrogen-bond acceptors (Lipinski definition) is 2. The van der Waals surface area contributed by atoms with Crippen LogP contribution in [0.2, 0.25) is 10.0 Å². The minimum absolute atomic E-state index is 0.154. The van der Waals surface area contributed by atoms with Crippen LogP contribution >= 0.6 is 23.2 Å². The summed E-state index contributed by atoms with van der Waals surface area (Å²) in [6.07, 6.45) is 4.42. The lowest BCUT2D eigenvalue weighted by molar-refractivity contribution is 0.150. The number of urea groups is 1. The molecule has 1 saturated carbocycles. The fraction of sp³-hybridized carbons (Fsp3) is 0.533. The van der Waals surface area contributed by atoms with E-state index in [2.05, 4.69) is 5.32 Å². The van der Waals surface area contributed by atoms with Crippen molar-refractivity contribution in [2.45, 2.75) is 31.7 Å². The number of nitrogens with zero attached hydrogens (tertiary/aromatic N) is 1. The number of anilines is 1. The summed E-state index contributed by atoms with van der Waals surface area (Å²) in [6, 6.07) is 5.03. The number of carbonyl (C=O) groups excluding carboxylic acids is 1. The maximum atomic E-state index is 12.4. The van der Waals surface area contributed by atoms with Crippen LogP contribution in [0.3, 0.4) is 0 Å². The van der Waals surface area contributed by atoms with Gasteiger partial charge < -0.3 is 16.0 Å². The molecule has 1 aliphatic rings. The van der Waals surface area contributed by atoms with E-state index in [0.29, 0.717) is 28.2 Å². The Balaban J connectivity index is 2.04. The SMILES string of the molecule is CN(C(=O)Nc1cc(Cl)cc(Cl)c1)C1CCCCC1CN. The Morgan fingerprint density at radius 3 is 2.52 bits per heavy atom. The Bertz CT molecular complexity index is 489. The number of nitrogens with two attached hydrogens (primary N) is 1. The van der Waals surface area contributed by atoms with E-state index in [1.807, 2.05) is 7.05 Å². The summed E-state index contributed by atoms with van der Waals surface area (Å²) in [6.45, 7) is 0.616. The van der Waals surface area contributed by atoms with Gasteiger partial charge in [0.15, 0.2) is 0 Å². The van der Waals surface area contributed by atoms with E-state index in [4.69, 9.17) is 28.9 Å². The monoisotopic (exact) mass is 329 g/mol. The zero-order chi connectivity index (χ0) is 15.4. The lowest BCUT2D eigenvalue weighted by Crippen LogP contribution is -2.47. The predicted molar refractivity (Wildman–Crippen MR) is 88.0 cm³/mol. The minimum Gasteiger partial charge on any atom is -0.330 e. The molecule has 4 nitrogen and oxygen atoms in total. The number of carbonyl (C=O) groups is 1. The Morgan fingerprint density at radius 2 is 1.90 bits per heavy atom. The van der Waals surface area contributed by atoms with Gasteiger partial charge in [0.05, 0.1) is 0 Å². The second-order valence-electron chi connectivity index (χ2n) is 5.55. The van der Waals surface area contributed by atoms with Crippen LogP contribution in [0.15, 0.2) is 18.2 Å². The molecule has 6 heteroatoms. The molecule has 21 heavy (non-hydrogen) atoms. The zero-order valence-corrected chi connectivity index (χ0v) is 13.6. The van der Waals surface area contributed by atoms with Crippen LogP contribution in [0.5, 0.6) is 0 Å². The third kappa shape index (κ3) is 4.25. The van der Waals surface area contributed by atoms with Gasteiger partial charge in [0, 0.05) is 28.8 Å². The number of hydrogen-bond donors (Lipinski definition) is 2. The van der Waals surface area contributed by atoms with Gasteiger partial charge in [-0.1, -0.05) is 36.0 Å². The summed E-state index contributed by atoms with van der Waals surface area (Å²) >= 11 is 11.9. The van der Waals surface area contributed by atoms with Crippen LogP contribution in [0.25, 0.3) is 0 Å². The van der Waals surface area contributed by atoms with Gasteiger partial charge in [-0.25, -0.2) is 4.79 Å². The number of benzene rings is 1. The number of halogens is 2. The van der Waals surface area contributed by atoms with Crippen molar-refractivity contribution in [3.8, 4) is 0 Å². The molecule has 1 aliphatic carbocycles. The molecule has 3 N–H and O–H groups in total. The zero-order valence-electron chi connectivity index (χ0n) is 12.1. The first kappa shape index (κ1) is 16.4. The summed E-state index contributed by atoms with van der Waals surface area (Å²) in [5.41, 5.74) is 6.43. The second-order valence-corrected chi connectivity index (χ2v) is 6.42. The van der Waals surface area contributed by atoms with E-state index in [1.165, 1.54) is 6.42 Å². The molecule has 0 aromatic heterocycles. The van der Waals surface area contributed by atoms with Gasteiger partial charge in [-0.05, 0) is 43.5 Å². The molecule has 0 bridgehead atoms. The normalized spacial score (nSPS) is 21.9. The molecule has 0 heterocycles. The molecule has 0 aliphatic heterocycles. The molecule has 1 aromatic carbocycles. The minimum atomic E-state index is -0.154. The largest absolute Gasteiger partial charge is 0.330 e. The third-order valence-corrected chi connectivity index (χ3v) is 4.54. The van der Waals surface area contributed by atoms with E-state index in [-0.39, 0.29) is 12.1 Å². The Kier molecular flexibility index (Phi) is 5.73. The van der Waals surface area contributed by atoms with E-state index < -0.39 is 0 Å². The maximum Gasteiger partial charge on any atom is 0.321 e. The van der Waals surface area contributed by atoms with Gasteiger partial charge in [0.2, 0.25) is 0 Å².